The molecule has 1 saturated carbocycles. The predicted octanol–water partition coefficient (Wildman–Crippen LogP) is 5.08. The van der Waals surface area contributed by atoms with Crippen LogP contribution in [0.1, 0.15) is 54.1 Å². The highest BCUT2D eigenvalue weighted by Gasteiger charge is 2.25. The monoisotopic (exact) mass is 375 g/mol. The molecule has 1 heterocycles. The van der Waals surface area contributed by atoms with Crippen LogP contribution in [0.15, 0.2) is 71.1 Å². The number of hydrogen-bond donors (Lipinski definition) is 1. The average Bonchev–Trinajstić information content (AvgIpc) is 3.40. The maximum Gasteiger partial charge on any atom is 0.287 e. The summed E-state index contributed by atoms with van der Waals surface area (Å²) >= 11 is 0. The lowest BCUT2D eigenvalue weighted by Gasteiger charge is -2.26. The van der Waals surface area contributed by atoms with Crippen molar-refractivity contribution < 1.29 is 13.9 Å². The molecule has 1 aliphatic carbocycles. The van der Waals surface area contributed by atoms with Crippen molar-refractivity contribution >= 4 is 5.91 Å². The van der Waals surface area contributed by atoms with Gasteiger partial charge >= 0.3 is 0 Å². The van der Waals surface area contributed by atoms with Crippen LogP contribution in [0.25, 0.3) is 0 Å². The second kappa shape index (κ2) is 7.55. The summed E-state index contributed by atoms with van der Waals surface area (Å²) < 4.78 is 11.4. The molecular weight excluding hydrogens is 350 g/mol. The van der Waals surface area contributed by atoms with E-state index in [4.69, 9.17) is 9.15 Å². The van der Waals surface area contributed by atoms with E-state index < -0.39 is 0 Å². The number of carbonyl (C=O) groups excluding carboxylic acids is 1. The van der Waals surface area contributed by atoms with Crippen LogP contribution >= 0.6 is 0 Å². The van der Waals surface area contributed by atoms with Crippen molar-refractivity contribution in [2.24, 2.45) is 0 Å². The van der Waals surface area contributed by atoms with E-state index in [1.54, 1.807) is 12.1 Å². The fraction of sp³-hybridized carbons (Fsp3) is 0.292. The minimum Gasteiger partial charge on any atom is -0.486 e. The van der Waals surface area contributed by atoms with Gasteiger partial charge in [-0.25, -0.2) is 0 Å². The summed E-state index contributed by atoms with van der Waals surface area (Å²) in [5.74, 6) is 1.59. The van der Waals surface area contributed by atoms with Crippen molar-refractivity contribution in [2.45, 2.75) is 44.8 Å². The van der Waals surface area contributed by atoms with Crippen LogP contribution in [0.3, 0.4) is 0 Å². The van der Waals surface area contributed by atoms with Gasteiger partial charge < -0.3 is 14.5 Å². The number of carbonyl (C=O) groups is 1. The standard InChI is InChI=1S/C24H25NO3/c1-24(2,17-6-4-3-5-7-17)18-8-12-20(13-9-18)27-16-21-14-15-22(28-21)23(26)25-19-10-11-19/h3-9,12-15,19H,10-11,16H2,1-2H3,(H,25,26). The maximum absolute atomic E-state index is 12.0. The third-order valence-corrected chi connectivity index (χ3v) is 5.25. The highest BCUT2D eigenvalue weighted by Crippen LogP contribution is 2.32. The molecule has 4 heteroatoms. The molecule has 28 heavy (non-hydrogen) atoms. The average molecular weight is 375 g/mol. The number of furan rings is 1. The van der Waals surface area contributed by atoms with E-state index in [2.05, 4.69) is 55.6 Å². The molecule has 0 unspecified atom stereocenters. The third kappa shape index (κ3) is 4.11. The summed E-state index contributed by atoms with van der Waals surface area (Å²) in [6.07, 6.45) is 2.11. The number of benzene rings is 2. The molecule has 1 N–H and O–H groups in total. The van der Waals surface area contributed by atoms with E-state index in [-0.39, 0.29) is 17.9 Å². The van der Waals surface area contributed by atoms with Crippen LogP contribution in [-0.2, 0) is 12.0 Å². The fourth-order valence-electron chi connectivity index (χ4n) is 3.21. The van der Waals surface area contributed by atoms with Crippen LogP contribution in [0.2, 0.25) is 0 Å². The van der Waals surface area contributed by atoms with Crippen molar-refractivity contribution in [3.63, 3.8) is 0 Å². The lowest BCUT2D eigenvalue weighted by molar-refractivity contribution is 0.0919. The third-order valence-electron chi connectivity index (χ3n) is 5.25. The van der Waals surface area contributed by atoms with Gasteiger partial charge in [0.15, 0.2) is 5.76 Å². The molecule has 1 aromatic heterocycles. The highest BCUT2D eigenvalue weighted by atomic mass is 16.5. The largest absolute Gasteiger partial charge is 0.486 e. The van der Waals surface area contributed by atoms with Gasteiger partial charge in [-0.3, -0.25) is 4.79 Å². The molecule has 2 aromatic carbocycles. The lowest BCUT2D eigenvalue weighted by Crippen LogP contribution is -2.24. The van der Waals surface area contributed by atoms with E-state index in [1.165, 1.54) is 11.1 Å². The number of nitrogens with one attached hydrogen (secondary N) is 1. The summed E-state index contributed by atoms with van der Waals surface area (Å²) in [6, 6.07) is 22.4. The van der Waals surface area contributed by atoms with Crippen molar-refractivity contribution in [3.05, 3.63) is 89.4 Å². The number of rotatable bonds is 7. The van der Waals surface area contributed by atoms with Gasteiger partial charge in [-0.1, -0.05) is 56.3 Å². The Hall–Kier alpha value is -3.01. The van der Waals surface area contributed by atoms with Gasteiger partial charge in [0.05, 0.1) is 0 Å². The molecule has 0 radical (unpaired) electrons. The van der Waals surface area contributed by atoms with Gasteiger partial charge in [0, 0.05) is 11.5 Å². The smallest absolute Gasteiger partial charge is 0.287 e. The Balaban J connectivity index is 1.37. The quantitative estimate of drug-likeness (QED) is 0.627. The van der Waals surface area contributed by atoms with Crippen LogP contribution in [0.4, 0.5) is 0 Å². The molecule has 1 aliphatic rings. The topological polar surface area (TPSA) is 51.5 Å². The first-order chi connectivity index (χ1) is 13.5. The van der Waals surface area contributed by atoms with Gasteiger partial charge in [0.2, 0.25) is 0 Å². The zero-order valence-electron chi connectivity index (χ0n) is 16.3. The predicted molar refractivity (Wildman–Crippen MR) is 109 cm³/mol. The van der Waals surface area contributed by atoms with Crippen LogP contribution in [0, 0.1) is 0 Å². The molecule has 0 spiro atoms. The molecule has 0 aliphatic heterocycles. The summed E-state index contributed by atoms with van der Waals surface area (Å²) in [6.45, 7) is 4.72. The minimum absolute atomic E-state index is 0.0787. The Morgan fingerprint density at radius 3 is 2.36 bits per heavy atom. The molecule has 3 aromatic rings. The second-order valence-corrected chi connectivity index (χ2v) is 7.82. The minimum atomic E-state index is -0.152. The van der Waals surface area contributed by atoms with E-state index in [1.807, 2.05) is 18.2 Å². The van der Waals surface area contributed by atoms with E-state index >= 15 is 0 Å². The Bertz CT molecular complexity index is 937. The molecular formula is C24H25NO3. The number of ether oxygens (including phenoxy) is 1. The summed E-state index contributed by atoms with van der Waals surface area (Å²) in [5, 5.41) is 2.92. The summed E-state index contributed by atoms with van der Waals surface area (Å²) in [5.41, 5.74) is 2.42. The molecule has 0 atom stereocenters. The number of hydrogen-bond acceptors (Lipinski definition) is 3. The van der Waals surface area contributed by atoms with Gasteiger partial charge in [-0.15, -0.1) is 0 Å². The van der Waals surface area contributed by atoms with Crippen molar-refractivity contribution in [2.75, 3.05) is 0 Å². The fourth-order valence-corrected chi connectivity index (χ4v) is 3.21. The Labute approximate surface area is 165 Å². The van der Waals surface area contributed by atoms with Crippen molar-refractivity contribution in [3.8, 4) is 5.75 Å². The van der Waals surface area contributed by atoms with Gasteiger partial charge in [-0.05, 0) is 48.2 Å². The Morgan fingerprint density at radius 1 is 1.00 bits per heavy atom. The van der Waals surface area contributed by atoms with E-state index in [9.17, 15) is 4.79 Å². The molecule has 1 amide bonds. The summed E-state index contributed by atoms with van der Waals surface area (Å²) in [4.78, 5) is 12.0. The molecule has 0 saturated heterocycles. The van der Waals surface area contributed by atoms with Gasteiger partial charge in [0.1, 0.15) is 18.1 Å². The molecule has 4 rings (SSSR count). The zero-order chi connectivity index (χ0) is 19.6. The first-order valence-corrected chi connectivity index (χ1v) is 9.71. The van der Waals surface area contributed by atoms with Gasteiger partial charge in [-0.2, -0.15) is 0 Å². The van der Waals surface area contributed by atoms with Crippen molar-refractivity contribution in [1.82, 2.24) is 5.32 Å². The molecule has 1 fully saturated rings. The van der Waals surface area contributed by atoms with Crippen LogP contribution in [0.5, 0.6) is 5.75 Å². The Kier molecular flexibility index (Phi) is 4.95. The molecule has 144 valence electrons. The van der Waals surface area contributed by atoms with Crippen LogP contribution < -0.4 is 10.1 Å². The highest BCUT2D eigenvalue weighted by molar-refractivity contribution is 5.91. The summed E-state index contributed by atoms with van der Waals surface area (Å²) in [7, 11) is 0. The van der Waals surface area contributed by atoms with E-state index in [0.29, 0.717) is 17.6 Å². The molecule has 0 bridgehead atoms. The van der Waals surface area contributed by atoms with Crippen LogP contribution in [-0.4, -0.2) is 11.9 Å². The molecule has 4 nitrogen and oxygen atoms in total. The SMILES string of the molecule is CC(C)(c1ccccc1)c1ccc(OCc2ccc(C(=O)NC3CC3)o2)cc1. The lowest BCUT2D eigenvalue weighted by atomic mass is 9.78. The van der Waals surface area contributed by atoms with E-state index in [0.717, 1.165) is 18.6 Å². The zero-order valence-corrected chi connectivity index (χ0v) is 16.3. The number of amides is 1. The second-order valence-electron chi connectivity index (χ2n) is 7.82. The maximum atomic E-state index is 12.0. The normalized spacial score (nSPS) is 13.9. The first-order valence-electron chi connectivity index (χ1n) is 9.71. The Morgan fingerprint density at radius 2 is 1.68 bits per heavy atom. The first kappa shape index (κ1) is 18.4. The van der Waals surface area contributed by atoms with Gasteiger partial charge in [0.25, 0.3) is 5.91 Å². The van der Waals surface area contributed by atoms with Crippen molar-refractivity contribution in [1.29, 1.82) is 0 Å².